The van der Waals surface area contributed by atoms with Crippen molar-refractivity contribution in [2.24, 2.45) is 11.8 Å². The molecular weight excluding hydrogens is 414 g/mol. The molecule has 5 heteroatoms. The molecule has 180 valence electrons. The molecule has 1 saturated heterocycles. The summed E-state index contributed by atoms with van der Waals surface area (Å²) in [5, 5.41) is 2.48. The lowest BCUT2D eigenvalue weighted by atomic mass is 9.88. The number of likely N-dealkylation sites (tertiary alicyclic amines) is 1. The van der Waals surface area contributed by atoms with Crippen molar-refractivity contribution in [3.63, 3.8) is 0 Å². The van der Waals surface area contributed by atoms with E-state index in [9.17, 15) is 4.79 Å². The molecule has 1 aliphatic carbocycles. The highest BCUT2D eigenvalue weighted by Gasteiger charge is 2.26. The molecule has 0 bridgehead atoms. The second kappa shape index (κ2) is 11.8. The number of rotatable bonds is 9. The summed E-state index contributed by atoms with van der Waals surface area (Å²) in [7, 11) is 0. The first kappa shape index (κ1) is 24.0. The van der Waals surface area contributed by atoms with E-state index in [4.69, 9.17) is 14.2 Å². The van der Waals surface area contributed by atoms with Gasteiger partial charge in [-0.15, -0.1) is 0 Å². The molecule has 5 nitrogen and oxygen atoms in total. The molecule has 33 heavy (non-hydrogen) atoms. The Hall–Kier alpha value is -2.11. The Labute approximate surface area is 198 Å². The van der Waals surface area contributed by atoms with Gasteiger partial charge in [0.15, 0.2) is 0 Å². The summed E-state index contributed by atoms with van der Waals surface area (Å²) in [4.78, 5) is 14.4. The number of hydrogen-bond acceptors (Lipinski definition) is 5. The highest BCUT2D eigenvalue weighted by molar-refractivity contribution is 5.84. The zero-order chi connectivity index (χ0) is 23.0. The zero-order valence-electron chi connectivity index (χ0n) is 20.3. The largest absolute Gasteiger partial charge is 0.490 e. The molecule has 2 aromatic rings. The Bertz CT molecular complexity index is 898. The standard InChI is InChI=1S/C28H39NO4/c1-3-31-20-21-6-10-26(11-7-21)33-27-12-9-24-17-22(5-8-25(24)18-27)19-29-15-13-23(14-16-29)28(30)32-4-2/h5,8-9,12,17-18,21,23,26H,3-4,6-7,10-11,13-16,19-20H2,1-2H3/t21-,26+. The summed E-state index contributed by atoms with van der Waals surface area (Å²) in [6.45, 7) is 8.93. The Balaban J connectivity index is 1.28. The third-order valence-electron chi connectivity index (χ3n) is 7.14. The van der Waals surface area contributed by atoms with Gasteiger partial charge >= 0.3 is 5.97 Å². The molecule has 0 amide bonds. The van der Waals surface area contributed by atoms with Gasteiger partial charge in [0.2, 0.25) is 0 Å². The first-order valence-corrected chi connectivity index (χ1v) is 12.8. The van der Waals surface area contributed by atoms with E-state index in [1.807, 2.05) is 6.92 Å². The molecule has 2 aromatic carbocycles. The van der Waals surface area contributed by atoms with Gasteiger partial charge in [0, 0.05) is 19.8 Å². The lowest BCUT2D eigenvalue weighted by molar-refractivity contribution is -0.149. The van der Waals surface area contributed by atoms with Gasteiger partial charge in [0.25, 0.3) is 0 Å². The number of esters is 1. The molecule has 0 radical (unpaired) electrons. The fraction of sp³-hybridized carbons (Fsp3) is 0.607. The van der Waals surface area contributed by atoms with Crippen LogP contribution in [0, 0.1) is 11.8 Å². The van der Waals surface area contributed by atoms with Crippen LogP contribution in [0.5, 0.6) is 5.75 Å². The summed E-state index contributed by atoms with van der Waals surface area (Å²) < 4.78 is 17.1. The fourth-order valence-electron chi connectivity index (χ4n) is 5.18. The molecule has 1 aliphatic heterocycles. The van der Waals surface area contributed by atoms with Crippen LogP contribution in [0.4, 0.5) is 0 Å². The van der Waals surface area contributed by atoms with Gasteiger partial charge in [-0.3, -0.25) is 9.69 Å². The van der Waals surface area contributed by atoms with Gasteiger partial charge in [-0.2, -0.15) is 0 Å². The Morgan fingerprint density at radius 2 is 1.64 bits per heavy atom. The smallest absolute Gasteiger partial charge is 0.309 e. The van der Waals surface area contributed by atoms with Crippen LogP contribution in [0.25, 0.3) is 10.8 Å². The molecule has 4 rings (SSSR count). The van der Waals surface area contributed by atoms with Crippen molar-refractivity contribution in [3.8, 4) is 5.75 Å². The maximum Gasteiger partial charge on any atom is 0.309 e. The summed E-state index contributed by atoms with van der Waals surface area (Å²) in [6.07, 6.45) is 6.71. The molecular formula is C28H39NO4. The second-order valence-electron chi connectivity index (χ2n) is 9.57. The van der Waals surface area contributed by atoms with Crippen LogP contribution < -0.4 is 4.74 Å². The molecule has 1 saturated carbocycles. The van der Waals surface area contributed by atoms with Gasteiger partial charge in [0.1, 0.15) is 5.75 Å². The Morgan fingerprint density at radius 1 is 0.909 bits per heavy atom. The average Bonchev–Trinajstić information content (AvgIpc) is 2.84. The average molecular weight is 454 g/mol. The van der Waals surface area contributed by atoms with Gasteiger partial charge in [-0.1, -0.05) is 18.2 Å². The summed E-state index contributed by atoms with van der Waals surface area (Å²) in [5.74, 6) is 1.70. The van der Waals surface area contributed by atoms with Crippen LogP contribution in [-0.4, -0.2) is 49.9 Å². The van der Waals surface area contributed by atoms with Crippen molar-refractivity contribution in [3.05, 3.63) is 42.0 Å². The predicted octanol–water partition coefficient (Wildman–Crippen LogP) is 5.59. The minimum Gasteiger partial charge on any atom is -0.490 e. The van der Waals surface area contributed by atoms with Crippen LogP contribution >= 0.6 is 0 Å². The van der Waals surface area contributed by atoms with E-state index in [0.717, 1.165) is 64.3 Å². The normalized spacial score (nSPS) is 22.4. The number of carbonyl (C=O) groups is 1. The monoisotopic (exact) mass is 453 g/mol. The van der Waals surface area contributed by atoms with E-state index in [2.05, 4.69) is 48.2 Å². The van der Waals surface area contributed by atoms with E-state index in [1.165, 1.54) is 29.2 Å². The summed E-state index contributed by atoms with van der Waals surface area (Å²) >= 11 is 0. The van der Waals surface area contributed by atoms with Gasteiger partial charge < -0.3 is 14.2 Å². The fourth-order valence-corrected chi connectivity index (χ4v) is 5.18. The van der Waals surface area contributed by atoms with E-state index in [1.54, 1.807) is 0 Å². The van der Waals surface area contributed by atoms with Crippen molar-refractivity contribution in [1.29, 1.82) is 0 Å². The summed E-state index contributed by atoms with van der Waals surface area (Å²) in [5.41, 5.74) is 1.32. The van der Waals surface area contributed by atoms with Crippen LogP contribution in [-0.2, 0) is 20.8 Å². The lowest BCUT2D eigenvalue weighted by Crippen LogP contribution is -2.36. The van der Waals surface area contributed by atoms with Crippen molar-refractivity contribution in [2.45, 2.75) is 65.0 Å². The van der Waals surface area contributed by atoms with E-state index in [-0.39, 0.29) is 11.9 Å². The van der Waals surface area contributed by atoms with Gasteiger partial charge in [-0.25, -0.2) is 0 Å². The third-order valence-corrected chi connectivity index (χ3v) is 7.14. The van der Waals surface area contributed by atoms with E-state index in [0.29, 0.717) is 18.6 Å². The highest BCUT2D eigenvalue weighted by atomic mass is 16.5. The van der Waals surface area contributed by atoms with Crippen LogP contribution in [0.1, 0.15) is 57.9 Å². The number of hydrogen-bond donors (Lipinski definition) is 0. The molecule has 0 atom stereocenters. The van der Waals surface area contributed by atoms with Crippen LogP contribution in [0.2, 0.25) is 0 Å². The first-order valence-electron chi connectivity index (χ1n) is 12.8. The molecule has 0 aromatic heterocycles. The van der Waals surface area contributed by atoms with Crippen molar-refractivity contribution >= 4 is 16.7 Å². The van der Waals surface area contributed by atoms with Crippen LogP contribution in [0.15, 0.2) is 36.4 Å². The molecule has 0 unspecified atom stereocenters. The topological polar surface area (TPSA) is 48.0 Å². The first-order chi connectivity index (χ1) is 16.1. The molecule has 1 heterocycles. The predicted molar refractivity (Wildman–Crippen MR) is 131 cm³/mol. The molecule has 2 fully saturated rings. The Morgan fingerprint density at radius 3 is 2.36 bits per heavy atom. The Kier molecular flexibility index (Phi) is 8.63. The van der Waals surface area contributed by atoms with Crippen molar-refractivity contribution in [2.75, 3.05) is 32.9 Å². The molecule has 0 N–H and O–H groups in total. The number of benzene rings is 2. The second-order valence-corrected chi connectivity index (χ2v) is 9.57. The lowest BCUT2D eigenvalue weighted by Gasteiger charge is -2.30. The summed E-state index contributed by atoms with van der Waals surface area (Å²) in [6, 6.07) is 13.2. The minimum atomic E-state index is -0.0283. The quantitative estimate of drug-likeness (QED) is 0.463. The van der Waals surface area contributed by atoms with E-state index >= 15 is 0 Å². The SMILES string of the molecule is CCOC[C@H]1CC[C@@H](Oc2ccc3cc(CN4CCC(C(=O)OCC)CC4)ccc3c2)CC1. The molecule has 0 spiro atoms. The minimum absolute atomic E-state index is 0.0283. The van der Waals surface area contributed by atoms with E-state index < -0.39 is 0 Å². The number of ether oxygens (including phenoxy) is 3. The maximum atomic E-state index is 12.0. The molecule has 2 aliphatic rings. The number of fused-ring (bicyclic) bond motifs is 1. The number of piperidine rings is 1. The van der Waals surface area contributed by atoms with Crippen molar-refractivity contribution < 1.29 is 19.0 Å². The van der Waals surface area contributed by atoms with Crippen molar-refractivity contribution in [1.82, 2.24) is 4.90 Å². The highest BCUT2D eigenvalue weighted by Crippen LogP contribution is 2.30. The number of carbonyl (C=O) groups excluding carboxylic acids is 1. The maximum absolute atomic E-state index is 12.0. The van der Waals surface area contributed by atoms with Gasteiger partial charge in [0.05, 0.1) is 18.6 Å². The van der Waals surface area contributed by atoms with Crippen LogP contribution in [0.3, 0.4) is 0 Å². The third kappa shape index (κ3) is 6.70. The van der Waals surface area contributed by atoms with Gasteiger partial charge in [-0.05, 0) is 106 Å². The zero-order valence-corrected chi connectivity index (χ0v) is 20.3. The number of nitrogens with zero attached hydrogens (tertiary/aromatic N) is 1.